The molecule has 8 nitrogen and oxygen atoms in total. The van der Waals surface area contributed by atoms with Crippen molar-refractivity contribution in [1.82, 2.24) is 0 Å². The van der Waals surface area contributed by atoms with Crippen molar-refractivity contribution < 1.29 is 39.5 Å². The molecule has 0 amide bonds. The maximum Gasteiger partial charge on any atom is 0.192 e. The number of aryl methyl sites for hydroxylation is 2. The number of hydrogen-bond donors (Lipinski definition) is 4. The predicted octanol–water partition coefficient (Wildman–Crippen LogP) is 13.1. The molecule has 5 aromatic carbocycles. The number of fused-ring (bicyclic) bond motifs is 1. The van der Waals surface area contributed by atoms with Crippen LogP contribution in [-0.4, -0.2) is 77.3 Å². The molecule has 0 spiro atoms. The summed E-state index contributed by atoms with van der Waals surface area (Å²) in [5, 5.41) is 56.0. The van der Waals surface area contributed by atoms with Gasteiger partial charge in [0.25, 0.3) is 0 Å². The summed E-state index contributed by atoms with van der Waals surface area (Å²) >= 11 is 0. The zero-order valence-electron chi connectivity index (χ0n) is 50.1. The monoisotopic (exact) mass is 1140 g/mol. The molecule has 11 atom stereocenters. The number of ether oxygens (including phenoxy) is 1. The van der Waals surface area contributed by atoms with E-state index >= 15 is 0 Å². The first-order valence-electron chi connectivity index (χ1n) is 30.8. The molecule has 5 aromatic rings. The summed E-state index contributed by atoms with van der Waals surface area (Å²) in [6.45, 7) is 14.1. The van der Waals surface area contributed by atoms with Gasteiger partial charge in [0, 0.05) is 24.9 Å². The Hall–Kier alpha value is -4.41. The fraction of sp³-hybridized carbons (Fsp3) is 0.521. The van der Waals surface area contributed by atoms with Crippen LogP contribution >= 0.6 is 6.89 Å². The van der Waals surface area contributed by atoms with E-state index in [1.807, 2.05) is 18.2 Å². The third-order valence-corrected chi connectivity index (χ3v) is 26.7. The van der Waals surface area contributed by atoms with Gasteiger partial charge in [0.1, 0.15) is 0 Å². The van der Waals surface area contributed by atoms with Gasteiger partial charge in [-0.2, -0.15) is 0 Å². The summed E-state index contributed by atoms with van der Waals surface area (Å²) in [6, 6.07) is 52.9. The van der Waals surface area contributed by atoms with Crippen molar-refractivity contribution in [3.05, 3.63) is 175 Å². The molecule has 0 aromatic heterocycles. The molecular formula is C71H100O8PSi-. The number of carboxylic acids is 1. The summed E-state index contributed by atoms with van der Waals surface area (Å²) in [7, 11) is -1.86. The highest BCUT2D eigenvalue weighted by Gasteiger charge is 2.49. The third kappa shape index (κ3) is 20.1. The van der Waals surface area contributed by atoms with E-state index in [1.165, 1.54) is 46.3 Å². The largest absolute Gasteiger partial charge is 0.550 e. The average Bonchev–Trinajstić information content (AvgIpc) is 4.20. The van der Waals surface area contributed by atoms with E-state index in [-0.39, 0.29) is 65.7 Å². The fourth-order valence-electron chi connectivity index (χ4n) is 12.3. The highest BCUT2D eigenvalue weighted by Crippen LogP contribution is 2.47. The van der Waals surface area contributed by atoms with Gasteiger partial charge in [-0.05, 0) is 165 Å². The summed E-state index contributed by atoms with van der Waals surface area (Å²) in [5.41, 5.74) is 2.76. The van der Waals surface area contributed by atoms with Crippen molar-refractivity contribution in [2.24, 2.45) is 29.6 Å². The molecular weight excluding hydrogens is 1040 g/mol. The first-order valence-corrected chi connectivity index (χ1v) is 35.6. The molecule has 4 N–H and O–H groups in total. The van der Waals surface area contributed by atoms with Crippen molar-refractivity contribution in [1.29, 1.82) is 0 Å². The van der Waals surface area contributed by atoms with E-state index in [4.69, 9.17) is 9.16 Å². The number of carbonyl (C=O) groups excluding carboxylic acids is 1. The van der Waals surface area contributed by atoms with Gasteiger partial charge in [-0.3, -0.25) is 0 Å². The van der Waals surface area contributed by atoms with Gasteiger partial charge in [0.2, 0.25) is 0 Å². The predicted molar refractivity (Wildman–Crippen MR) is 339 cm³/mol. The summed E-state index contributed by atoms with van der Waals surface area (Å²) in [5.74, 6) is 2.99. The molecule has 1 heterocycles. The number of carboxylic acid groups (broad SMARTS) is 1. The Morgan fingerprint density at radius 1 is 0.642 bits per heavy atom. The molecule has 0 bridgehead atoms. The minimum atomic E-state index is -1.95. The molecule has 81 heavy (non-hydrogen) atoms. The molecule has 3 aliphatic rings. The maximum atomic E-state index is 10.8. The van der Waals surface area contributed by atoms with Gasteiger partial charge in [0.15, 0.2) is 14.6 Å². The van der Waals surface area contributed by atoms with Crippen LogP contribution in [-0.2, 0) is 26.8 Å². The topological polar surface area (TPSA) is 140 Å². The van der Waals surface area contributed by atoms with Crippen LogP contribution in [0.4, 0.5) is 0 Å². The molecule has 10 heteroatoms. The molecule has 0 radical (unpaired) electrons. The van der Waals surface area contributed by atoms with E-state index in [1.54, 1.807) is 0 Å². The number of aliphatic carboxylic acids is 1. The smallest absolute Gasteiger partial charge is 0.192 e. The fourth-order valence-corrected chi connectivity index (χ4v) is 17.7. The molecule has 442 valence electrons. The number of aliphatic hydroxyl groups excluding tert-OH is 4. The highest BCUT2D eigenvalue weighted by molar-refractivity contribution is 7.94. The molecule has 1 saturated heterocycles. The molecule has 1 unspecified atom stereocenters. The molecule has 2 saturated carbocycles. The first-order chi connectivity index (χ1) is 38.9. The Morgan fingerprint density at radius 2 is 1.14 bits per heavy atom. The normalized spacial score (nSPS) is 23.4. The number of benzene rings is 5. The quantitative estimate of drug-likeness (QED) is 0.0186. The van der Waals surface area contributed by atoms with Crippen LogP contribution in [0.2, 0.25) is 18.1 Å². The van der Waals surface area contributed by atoms with Crippen LogP contribution in [0.25, 0.3) is 0 Å². The zero-order chi connectivity index (χ0) is 58.3. The summed E-state index contributed by atoms with van der Waals surface area (Å²) in [4.78, 5) is 10.8. The number of aliphatic hydroxyl groups is 4. The summed E-state index contributed by atoms with van der Waals surface area (Å²) in [6.07, 6.45) is 19.2. The lowest BCUT2D eigenvalue weighted by Gasteiger charge is -2.40. The Kier molecular flexibility index (Phi) is 26.9. The minimum Gasteiger partial charge on any atom is -0.550 e. The van der Waals surface area contributed by atoms with Gasteiger partial charge < -0.3 is 39.5 Å². The van der Waals surface area contributed by atoms with E-state index in [9.17, 15) is 30.3 Å². The second-order valence-electron chi connectivity index (χ2n) is 25.0. The Morgan fingerprint density at radius 3 is 1.65 bits per heavy atom. The van der Waals surface area contributed by atoms with Gasteiger partial charge in [-0.25, -0.2) is 0 Å². The lowest BCUT2D eigenvalue weighted by molar-refractivity contribution is -0.305. The molecule has 8 rings (SSSR count). The summed E-state index contributed by atoms with van der Waals surface area (Å²) < 4.78 is 12.4. The van der Waals surface area contributed by atoms with Crippen LogP contribution in [0.3, 0.4) is 0 Å². The molecule has 3 fully saturated rings. The van der Waals surface area contributed by atoms with Crippen molar-refractivity contribution in [2.45, 2.75) is 205 Å². The van der Waals surface area contributed by atoms with Crippen molar-refractivity contribution in [3.63, 3.8) is 0 Å². The van der Waals surface area contributed by atoms with E-state index in [2.05, 4.69) is 199 Å². The molecule has 1 aliphatic heterocycles. The number of rotatable bonds is 26. The van der Waals surface area contributed by atoms with Crippen molar-refractivity contribution in [3.8, 4) is 0 Å². The van der Waals surface area contributed by atoms with E-state index in [0.717, 1.165) is 64.2 Å². The SMILES string of the molecule is CC(C)(C)[Si](C)(C)O[C@@H](CCc1ccccc1)CC[C@@H]1[C@H]2CC(O)O[C@H]2C[C@H]1O.CCCC/C=C\C[C@@H]1[C@@H](CC[C@@H](C)CCc2ccccc2)[C@H](O)C[C@@H]1O.O=C([O-])CCCC=P(c1ccccc1)(c1ccccc1)c1ccccc1. The van der Waals surface area contributed by atoms with Crippen LogP contribution in [0, 0.1) is 29.6 Å². The lowest BCUT2D eigenvalue weighted by Crippen LogP contribution is -2.44. The van der Waals surface area contributed by atoms with E-state index in [0.29, 0.717) is 31.6 Å². The highest BCUT2D eigenvalue weighted by atomic mass is 31.2. The van der Waals surface area contributed by atoms with Gasteiger partial charge in [0.05, 0.1) is 24.4 Å². The van der Waals surface area contributed by atoms with Crippen LogP contribution in [0.1, 0.15) is 148 Å². The number of carbonyl (C=O) groups is 1. The number of hydrogen-bond acceptors (Lipinski definition) is 8. The minimum absolute atomic E-state index is 0.0223. The first kappa shape index (κ1) is 65.7. The zero-order valence-corrected chi connectivity index (χ0v) is 52.0. The second kappa shape index (κ2) is 33.2. The van der Waals surface area contributed by atoms with Crippen molar-refractivity contribution in [2.75, 3.05) is 0 Å². The molecule has 2 aliphatic carbocycles. The van der Waals surface area contributed by atoms with E-state index < -0.39 is 27.5 Å². The average molecular weight is 1140 g/mol. The van der Waals surface area contributed by atoms with Crippen LogP contribution in [0.15, 0.2) is 164 Å². The Bertz CT molecular complexity index is 2510. The third-order valence-electron chi connectivity index (χ3n) is 18.0. The Labute approximate surface area is 489 Å². The van der Waals surface area contributed by atoms with Gasteiger partial charge >= 0.3 is 0 Å². The number of unbranched alkanes of at least 4 members (excludes halogenated alkanes) is 3. The standard InChI is InChI=1S/C24H40O4Si.C24H38O2.C23H23O2P/c1-24(2,3)29(4,5)28-18(12-11-17-9-7-6-8-10-17)13-14-19-20-15-23(26)27-22(20)16-21(19)25;1-3-4-5-6-10-13-21-22(24(26)18-23(21)25)17-15-19(2)14-16-20-11-8-7-9-12-20;24-23(25)18-10-11-19-26(20-12-4-1-5-13-20,21-14-6-2-7-15-21)22-16-8-3-9-17-22/h6-10,18-23,25-26H,11-16H2,1-5H3;6-12,19,21-26H,3-5,13-18H2,1-2H3;1-9,12-17,19H,10-11,18H2,(H,24,25)/p-1/b;10-6-;/t18-,19+,20+,21+,22-,23?;19-,21+,22+,23-,24+;/m00./s1. The second-order valence-corrected chi connectivity index (χ2v) is 33.1. The number of allylic oxidation sites excluding steroid dienone is 2. The Balaban J connectivity index is 0.000000196. The van der Waals surface area contributed by atoms with Gasteiger partial charge in [-0.1, -0.05) is 223 Å². The van der Waals surface area contributed by atoms with Crippen LogP contribution in [0.5, 0.6) is 0 Å². The maximum absolute atomic E-state index is 10.8. The van der Waals surface area contributed by atoms with Crippen LogP contribution < -0.4 is 21.0 Å². The van der Waals surface area contributed by atoms with Crippen molar-refractivity contribution >= 4 is 42.9 Å². The van der Waals surface area contributed by atoms with Gasteiger partial charge in [-0.15, -0.1) is 0 Å². The lowest BCUT2D eigenvalue weighted by atomic mass is 9.84.